The van der Waals surface area contributed by atoms with Crippen LogP contribution in [0.5, 0.6) is 0 Å². The highest BCUT2D eigenvalue weighted by molar-refractivity contribution is 5.69. The molecule has 0 bridgehead atoms. The number of aliphatic carboxylic acids is 1. The zero-order chi connectivity index (χ0) is 12.4. The molecule has 2 rings (SSSR count). The highest BCUT2D eigenvalue weighted by atomic mass is 16.4. The molecule has 5 heteroatoms. The Bertz CT molecular complexity index is 561. The zero-order valence-corrected chi connectivity index (χ0v) is 9.60. The van der Waals surface area contributed by atoms with Gasteiger partial charge in [-0.3, -0.25) is 4.79 Å². The molecule has 2 aromatic rings. The van der Waals surface area contributed by atoms with Crippen molar-refractivity contribution < 1.29 is 14.3 Å². The van der Waals surface area contributed by atoms with Gasteiger partial charge in [-0.25, -0.2) is 0 Å². The SMILES string of the molecule is Cc1ccc(-c2nnc(CC(=O)O)o2)c(C)c1. The molecule has 0 saturated carbocycles. The van der Waals surface area contributed by atoms with Gasteiger partial charge in [0.2, 0.25) is 11.8 Å². The van der Waals surface area contributed by atoms with Crippen LogP contribution in [0, 0.1) is 13.8 Å². The summed E-state index contributed by atoms with van der Waals surface area (Å²) in [6, 6.07) is 5.85. The number of nitrogens with zero attached hydrogens (tertiary/aromatic N) is 2. The molecular weight excluding hydrogens is 220 g/mol. The minimum atomic E-state index is -0.985. The monoisotopic (exact) mass is 232 g/mol. The van der Waals surface area contributed by atoms with Crippen molar-refractivity contribution in [1.29, 1.82) is 0 Å². The Hall–Kier alpha value is -2.17. The Balaban J connectivity index is 2.33. The van der Waals surface area contributed by atoms with E-state index in [9.17, 15) is 4.79 Å². The Morgan fingerprint density at radius 2 is 2.12 bits per heavy atom. The highest BCUT2D eigenvalue weighted by Crippen LogP contribution is 2.22. The van der Waals surface area contributed by atoms with Crippen LogP contribution in [-0.2, 0) is 11.2 Å². The van der Waals surface area contributed by atoms with E-state index in [2.05, 4.69) is 10.2 Å². The van der Waals surface area contributed by atoms with Gasteiger partial charge < -0.3 is 9.52 Å². The highest BCUT2D eigenvalue weighted by Gasteiger charge is 2.12. The van der Waals surface area contributed by atoms with Crippen LogP contribution in [0.4, 0.5) is 0 Å². The number of aryl methyl sites for hydroxylation is 2. The van der Waals surface area contributed by atoms with E-state index in [1.807, 2.05) is 32.0 Å². The second-order valence-corrected chi connectivity index (χ2v) is 3.89. The summed E-state index contributed by atoms with van der Waals surface area (Å²) in [6.07, 6.45) is -0.252. The number of carbonyl (C=O) groups is 1. The average Bonchev–Trinajstić information content (AvgIpc) is 2.65. The number of hydrogen-bond acceptors (Lipinski definition) is 4. The van der Waals surface area contributed by atoms with E-state index in [-0.39, 0.29) is 12.3 Å². The third-order valence-electron chi connectivity index (χ3n) is 2.38. The molecule has 1 aromatic heterocycles. The van der Waals surface area contributed by atoms with Gasteiger partial charge in [-0.2, -0.15) is 0 Å². The Morgan fingerprint density at radius 1 is 1.35 bits per heavy atom. The maximum atomic E-state index is 10.5. The summed E-state index contributed by atoms with van der Waals surface area (Å²) in [7, 11) is 0. The number of aromatic nitrogens is 2. The molecule has 1 heterocycles. The van der Waals surface area contributed by atoms with Crippen LogP contribution < -0.4 is 0 Å². The van der Waals surface area contributed by atoms with Gasteiger partial charge in [0.15, 0.2) is 0 Å². The number of hydrogen-bond donors (Lipinski definition) is 1. The van der Waals surface area contributed by atoms with Crippen molar-refractivity contribution in [3.8, 4) is 11.5 Å². The fraction of sp³-hybridized carbons (Fsp3) is 0.250. The summed E-state index contributed by atoms with van der Waals surface area (Å²) in [4.78, 5) is 10.5. The van der Waals surface area contributed by atoms with E-state index in [0.29, 0.717) is 5.89 Å². The normalized spacial score (nSPS) is 10.5. The molecule has 0 unspecified atom stereocenters. The van der Waals surface area contributed by atoms with Crippen molar-refractivity contribution >= 4 is 5.97 Å². The first-order valence-electron chi connectivity index (χ1n) is 5.18. The van der Waals surface area contributed by atoms with Crippen molar-refractivity contribution in [2.75, 3.05) is 0 Å². The number of carboxylic acid groups (broad SMARTS) is 1. The van der Waals surface area contributed by atoms with Crippen molar-refractivity contribution in [2.45, 2.75) is 20.3 Å². The van der Waals surface area contributed by atoms with Crippen LogP contribution in [-0.4, -0.2) is 21.3 Å². The molecule has 0 aliphatic heterocycles. The third-order valence-corrected chi connectivity index (χ3v) is 2.38. The molecule has 0 saturated heterocycles. The maximum absolute atomic E-state index is 10.5. The Labute approximate surface area is 98.1 Å². The second kappa shape index (κ2) is 4.37. The van der Waals surface area contributed by atoms with Gasteiger partial charge in [-0.1, -0.05) is 17.7 Å². The molecule has 5 nitrogen and oxygen atoms in total. The van der Waals surface area contributed by atoms with Gasteiger partial charge in [-0.15, -0.1) is 10.2 Å². The van der Waals surface area contributed by atoms with E-state index >= 15 is 0 Å². The summed E-state index contributed by atoms with van der Waals surface area (Å²) in [5.41, 5.74) is 3.01. The molecule has 88 valence electrons. The fourth-order valence-electron chi connectivity index (χ4n) is 1.62. The summed E-state index contributed by atoms with van der Waals surface area (Å²) >= 11 is 0. The number of benzene rings is 1. The topological polar surface area (TPSA) is 76.2 Å². The lowest BCUT2D eigenvalue weighted by molar-refractivity contribution is -0.136. The van der Waals surface area contributed by atoms with E-state index in [1.54, 1.807) is 0 Å². The molecule has 0 amide bonds. The standard InChI is InChI=1S/C12H12N2O3/c1-7-3-4-9(8(2)5-7)12-14-13-10(17-12)6-11(15)16/h3-5H,6H2,1-2H3,(H,15,16). The molecule has 0 spiro atoms. The molecule has 17 heavy (non-hydrogen) atoms. The van der Waals surface area contributed by atoms with Crippen molar-refractivity contribution in [3.05, 3.63) is 35.2 Å². The molecular formula is C12H12N2O3. The van der Waals surface area contributed by atoms with Gasteiger partial charge in [0.25, 0.3) is 0 Å². The van der Waals surface area contributed by atoms with E-state index < -0.39 is 5.97 Å². The predicted molar refractivity (Wildman–Crippen MR) is 60.5 cm³/mol. The molecule has 0 fully saturated rings. The molecule has 1 N–H and O–H groups in total. The minimum absolute atomic E-state index is 0.118. The van der Waals surface area contributed by atoms with E-state index in [1.165, 1.54) is 0 Å². The molecule has 0 atom stereocenters. The zero-order valence-electron chi connectivity index (χ0n) is 9.60. The molecule has 0 aliphatic carbocycles. The largest absolute Gasteiger partial charge is 0.481 e. The van der Waals surface area contributed by atoms with Crippen LogP contribution in [0.15, 0.2) is 22.6 Å². The van der Waals surface area contributed by atoms with E-state index in [0.717, 1.165) is 16.7 Å². The lowest BCUT2D eigenvalue weighted by Gasteiger charge is -2.01. The van der Waals surface area contributed by atoms with Gasteiger partial charge >= 0.3 is 5.97 Å². The van der Waals surface area contributed by atoms with Crippen LogP contribution in [0.25, 0.3) is 11.5 Å². The van der Waals surface area contributed by atoms with Crippen molar-refractivity contribution in [2.24, 2.45) is 0 Å². The smallest absolute Gasteiger partial charge is 0.312 e. The molecule has 0 aliphatic rings. The Morgan fingerprint density at radius 3 is 2.76 bits per heavy atom. The summed E-state index contributed by atoms with van der Waals surface area (Å²) in [6.45, 7) is 3.95. The number of carboxylic acids is 1. The fourth-order valence-corrected chi connectivity index (χ4v) is 1.62. The quantitative estimate of drug-likeness (QED) is 0.875. The lowest BCUT2D eigenvalue weighted by Crippen LogP contribution is -1.99. The Kier molecular flexibility index (Phi) is 2.91. The summed E-state index contributed by atoms with van der Waals surface area (Å²) in [5, 5.41) is 16.2. The average molecular weight is 232 g/mol. The van der Waals surface area contributed by atoms with E-state index in [4.69, 9.17) is 9.52 Å². The minimum Gasteiger partial charge on any atom is -0.481 e. The van der Waals surface area contributed by atoms with Gasteiger partial charge in [-0.05, 0) is 25.5 Å². The third kappa shape index (κ3) is 2.50. The first-order chi connectivity index (χ1) is 8.06. The van der Waals surface area contributed by atoms with Gasteiger partial charge in [0.05, 0.1) is 0 Å². The number of rotatable bonds is 3. The second-order valence-electron chi connectivity index (χ2n) is 3.89. The van der Waals surface area contributed by atoms with Crippen LogP contribution in [0.1, 0.15) is 17.0 Å². The van der Waals surface area contributed by atoms with Crippen LogP contribution in [0.2, 0.25) is 0 Å². The molecule has 1 aromatic carbocycles. The van der Waals surface area contributed by atoms with Crippen LogP contribution in [0.3, 0.4) is 0 Å². The van der Waals surface area contributed by atoms with Gasteiger partial charge in [0.1, 0.15) is 6.42 Å². The lowest BCUT2D eigenvalue weighted by atomic mass is 10.1. The maximum Gasteiger partial charge on any atom is 0.312 e. The molecule has 0 radical (unpaired) electrons. The summed E-state index contributed by atoms with van der Waals surface area (Å²) < 4.78 is 5.30. The van der Waals surface area contributed by atoms with Gasteiger partial charge in [0, 0.05) is 5.56 Å². The van der Waals surface area contributed by atoms with Crippen LogP contribution >= 0.6 is 0 Å². The van der Waals surface area contributed by atoms with Crippen molar-refractivity contribution in [3.63, 3.8) is 0 Å². The summed E-state index contributed by atoms with van der Waals surface area (Å²) in [5.74, 6) is -0.507. The predicted octanol–water partition coefficient (Wildman–Crippen LogP) is 1.98. The first kappa shape index (κ1) is 11.3. The first-order valence-corrected chi connectivity index (χ1v) is 5.18. The van der Waals surface area contributed by atoms with Crippen molar-refractivity contribution in [1.82, 2.24) is 10.2 Å².